The van der Waals surface area contributed by atoms with E-state index in [1.165, 1.54) is 4.31 Å². The number of aryl methyl sites for hydroxylation is 2. The number of phenolic OH excluding ortho intramolecular Hbond substituents is 1. The van der Waals surface area contributed by atoms with Crippen LogP contribution in [0.3, 0.4) is 0 Å². The van der Waals surface area contributed by atoms with Gasteiger partial charge in [-0.05, 0) is 88.4 Å². The van der Waals surface area contributed by atoms with Crippen LogP contribution in [0.1, 0.15) is 66.2 Å². The van der Waals surface area contributed by atoms with Crippen molar-refractivity contribution in [2.24, 2.45) is 4.99 Å². The molecular weight excluding hydrogens is 607 g/mol. The van der Waals surface area contributed by atoms with E-state index in [4.69, 9.17) is 4.74 Å². The topological polar surface area (TPSA) is 154 Å². The number of sulfonamides is 1. The van der Waals surface area contributed by atoms with Gasteiger partial charge in [-0.1, -0.05) is 6.07 Å². The second kappa shape index (κ2) is 11.5. The summed E-state index contributed by atoms with van der Waals surface area (Å²) in [5.41, 5.74) is -2.31. The van der Waals surface area contributed by atoms with E-state index in [0.717, 1.165) is 6.07 Å². The number of ether oxygens (including phenoxy) is 1. The van der Waals surface area contributed by atoms with Crippen LogP contribution in [0.5, 0.6) is 5.75 Å². The number of esters is 1. The molecule has 4 rings (SSSR count). The Kier molecular flexibility index (Phi) is 8.61. The van der Waals surface area contributed by atoms with Gasteiger partial charge in [0.1, 0.15) is 22.7 Å². The number of hydrogen-bond acceptors (Lipinski definition) is 8. The maximum absolute atomic E-state index is 13.3. The Morgan fingerprint density at radius 2 is 1.70 bits per heavy atom. The monoisotopic (exact) mass is 639 g/mol. The predicted molar refractivity (Wildman–Crippen MR) is 152 cm³/mol. The molecule has 2 heterocycles. The average molecular weight is 640 g/mol. The van der Waals surface area contributed by atoms with E-state index in [2.05, 4.69) is 4.99 Å². The highest BCUT2D eigenvalue weighted by atomic mass is 32.2. The van der Waals surface area contributed by atoms with Gasteiger partial charge in [0.15, 0.2) is 0 Å². The van der Waals surface area contributed by atoms with E-state index < -0.39 is 68.0 Å². The molecule has 238 valence electrons. The zero-order valence-corrected chi connectivity index (χ0v) is 25.3. The molecule has 0 bridgehead atoms. The zero-order chi connectivity index (χ0) is 32.8. The van der Waals surface area contributed by atoms with E-state index >= 15 is 0 Å². The lowest BCUT2D eigenvalue weighted by Crippen LogP contribution is -2.52. The quantitative estimate of drug-likeness (QED) is 0.443. The first-order chi connectivity index (χ1) is 20.2. The molecule has 2 N–H and O–H groups in total. The molecule has 1 spiro atoms. The number of aliphatic imine (C=N–C) groups is 1. The number of amidine groups is 1. The van der Waals surface area contributed by atoms with Crippen LogP contribution in [0.4, 0.5) is 18.0 Å². The van der Waals surface area contributed by atoms with Gasteiger partial charge in [0.2, 0.25) is 10.0 Å². The Morgan fingerprint density at radius 3 is 2.25 bits per heavy atom. The minimum Gasteiger partial charge on any atom is -0.508 e. The van der Waals surface area contributed by atoms with Crippen LogP contribution < -0.4 is 0 Å². The molecule has 0 aromatic heterocycles. The van der Waals surface area contributed by atoms with Gasteiger partial charge >= 0.3 is 18.2 Å². The summed E-state index contributed by atoms with van der Waals surface area (Å²) in [6.45, 7) is 6.64. The van der Waals surface area contributed by atoms with Gasteiger partial charge in [0, 0.05) is 18.7 Å². The standard InChI is InChI=1S/C29H32F3N3O8S/c1-17-13-19(24(37)43-27(2,3)4)6-5-18(17)7-12-44(41,42)34-10-8-28(9-11-34)25(38)35(26(39)40)23(33-28)20-14-21(29(30,31)32)16-22(36)15-20/h5-6,13-16,36H,7-12H2,1-4H3,(H,39,40). The molecule has 44 heavy (non-hydrogen) atoms. The van der Waals surface area contributed by atoms with E-state index in [1.54, 1.807) is 45.9 Å². The van der Waals surface area contributed by atoms with Crippen molar-refractivity contribution in [3.63, 3.8) is 0 Å². The van der Waals surface area contributed by atoms with Crippen molar-refractivity contribution in [3.8, 4) is 5.75 Å². The van der Waals surface area contributed by atoms with Crippen molar-refractivity contribution in [1.29, 1.82) is 0 Å². The molecule has 15 heteroatoms. The number of imide groups is 1. The van der Waals surface area contributed by atoms with Crippen LogP contribution in [0.15, 0.2) is 41.4 Å². The van der Waals surface area contributed by atoms with Crippen LogP contribution >= 0.6 is 0 Å². The lowest BCUT2D eigenvalue weighted by molar-refractivity contribution is -0.137. The first-order valence-corrected chi connectivity index (χ1v) is 15.2. The summed E-state index contributed by atoms with van der Waals surface area (Å²) in [5.74, 6) is -3.16. The maximum atomic E-state index is 13.3. The van der Waals surface area contributed by atoms with Crippen molar-refractivity contribution >= 4 is 33.8 Å². The molecule has 2 aliphatic rings. The normalized spacial score (nSPS) is 17.6. The average Bonchev–Trinajstić information content (AvgIpc) is 3.18. The van der Waals surface area contributed by atoms with E-state index in [0.29, 0.717) is 28.8 Å². The lowest BCUT2D eigenvalue weighted by Gasteiger charge is -2.35. The van der Waals surface area contributed by atoms with Crippen molar-refractivity contribution in [2.45, 2.75) is 64.3 Å². The van der Waals surface area contributed by atoms with Crippen molar-refractivity contribution < 1.29 is 50.9 Å². The number of alkyl halides is 3. The number of carbonyl (C=O) groups is 3. The van der Waals surface area contributed by atoms with Gasteiger partial charge in [0.05, 0.1) is 16.9 Å². The number of phenols is 1. The summed E-state index contributed by atoms with van der Waals surface area (Å²) >= 11 is 0. The SMILES string of the molecule is Cc1cc(C(=O)OC(C)(C)C)ccc1CCS(=O)(=O)N1CCC2(CC1)N=C(c1cc(O)cc(C(F)(F)F)c1)N(C(=O)O)C2=O. The molecule has 2 amide bonds. The molecular formula is C29H32F3N3O8S. The second-order valence-corrected chi connectivity index (χ2v) is 13.9. The fraction of sp³-hybridized carbons (Fsp3) is 0.448. The van der Waals surface area contributed by atoms with Gasteiger partial charge in [-0.25, -0.2) is 22.3 Å². The van der Waals surface area contributed by atoms with Crippen molar-refractivity contribution in [1.82, 2.24) is 9.21 Å². The highest BCUT2D eigenvalue weighted by Crippen LogP contribution is 2.38. The fourth-order valence-corrected chi connectivity index (χ4v) is 6.62. The predicted octanol–water partition coefficient (Wildman–Crippen LogP) is 4.35. The molecule has 0 saturated carbocycles. The summed E-state index contributed by atoms with van der Waals surface area (Å²) < 4.78 is 73.0. The number of carbonyl (C=O) groups excluding carboxylic acids is 2. The van der Waals surface area contributed by atoms with Crippen molar-refractivity contribution in [2.75, 3.05) is 18.8 Å². The number of halogens is 3. The largest absolute Gasteiger partial charge is 0.508 e. The Labute approximate surface area is 252 Å². The van der Waals surface area contributed by atoms with Gasteiger partial charge < -0.3 is 14.9 Å². The molecule has 2 aromatic carbocycles. The molecule has 0 radical (unpaired) electrons. The van der Waals surface area contributed by atoms with Crippen LogP contribution in [-0.2, 0) is 32.2 Å². The Balaban J connectivity index is 1.49. The Bertz CT molecular complexity index is 1640. The number of benzene rings is 2. The Morgan fingerprint density at radius 1 is 1.07 bits per heavy atom. The molecule has 0 aliphatic carbocycles. The third-order valence-corrected chi connectivity index (χ3v) is 9.25. The smallest absolute Gasteiger partial charge is 0.420 e. The number of carboxylic acid groups (broad SMARTS) is 1. The fourth-order valence-electron chi connectivity index (χ4n) is 5.15. The summed E-state index contributed by atoms with van der Waals surface area (Å²) in [7, 11) is -3.84. The van der Waals surface area contributed by atoms with Crippen molar-refractivity contribution in [3.05, 3.63) is 64.2 Å². The van der Waals surface area contributed by atoms with Crippen LogP contribution in [-0.4, -0.2) is 81.6 Å². The number of amides is 2. The minimum absolute atomic E-state index is 0.136. The van der Waals surface area contributed by atoms with Gasteiger partial charge in [0.25, 0.3) is 5.91 Å². The van der Waals surface area contributed by atoms with Gasteiger partial charge in [-0.2, -0.15) is 18.1 Å². The first kappa shape index (κ1) is 32.9. The van der Waals surface area contributed by atoms with Crippen LogP contribution in [0.2, 0.25) is 0 Å². The number of hydrogen-bond donors (Lipinski definition) is 2. The molecule has 2 aromatic rings. The maximum Gasteiger partial charge on any atom is 0.420 e. The molecule has 11 nitrogen and oxygen atoms in total. The van der Waals surface area contributed by atoms with E-state index in [-0.39, 0.29) is 43.0 Å². The summed E-state index contributed by atoms with van der Waals surface area (Å²) in [6.07, 6.45) is -6.90. The lowest BCUT2D eigenvalue weighted by atomic mass is 9.88. The Hall–Kier alpha value is -3.98. The molecule has 1 saturated heterocycles. The zero-order valence-electron chi connectivity index (χ0n) is 24.4. The van der Waals surface area contributed by atoms with Crippen LogP contribution in [0.25, 0.3) is 0 Å². The van der Waals surface area contributed by atoms with Gasteiger partial charge in [-0.3, -0.25) is 9.79 Å². The van der Waals surface area contributed by atoms with E-state index in [9.17, 15) is 46.2 Å². The van der Waals surface area contributed by atoms with Gasteiger partial charge in [-0.15, -0.1) is 0 Å². The third-order valence-electron chi connectivity index (χ3n) is 7.38. The molecule has 0 unspecified atom stereocenters. The summed E-state index contributed by atoms with van der Waals surface area (Å²) in [6, 6.07) is 6.77. The molecule has 2 aliphatic heterocycles. The summed E-state index contributed by atoms with van der Waals surface area (Å²) in [5, 5.41) is 19.6. The number of nitrogens with zero attached hydrogens (tertiary/aromatic N) is 3. The third kappa shape index (κ3) is 6.88. The highest BCUT2D eigenvalue weighted by molar-refractivity contribution is 7.89. The summed E-state index contributed by atoms with van der Waals surface area (Å²) in [4.78, 5) is 42.1. The number of aromatic hydroxyl groups is 1. The highest BCUT2D eigenvalue weighted by Gasteiger charge is 2.53. The number of piperidine rings is 1. The van der Waals surface area contributed by atoms with Crippen LogP contribution in [0, 0.1) is 6.92 Å². The molecule has 0 atom stereocenters. The number of rotatable bonds is 6. The first-order valence-electron chi connectivity index (χ1n) is 13.6. The molecule has 1 fully saturated rings. The minimum atomic E-state index is -4.86. The second-order valence-electron chi connectivity index (χ2n) is 11.8. The van der Waals surface area contributed by atoms with E-state index in [1.807, 2.05) is 0 Å².